The van der Waals surface area contributed by atoms with Crippen molar-refractivity contribution in [3.63, 3.8) is 0 Å². The van der Waals surface area contributed by atoms with E-state index in [1.807, 2.05) is 25.2 Å². The fourth-order valence-electron chi connectivity index (χ4n) is 2.37. The van der Waals surface area contributed by atoms with E-state index in [0.29, 0.717) is 6.04 Å². The van der Waals surface area contributed by atoms with Gasteiger partial charge in [-0.05, 0) is 38.4 Å². The van der Waals surface area contributed by atoms with Crippen LogP contribution >= 0.6 is 22.9 Å². The second-order valence-corrected chi connectivity index (χ2v) is 6.15. The minimum absolute atomic E-state index is 0.602. The molecule has 1 aliphatic carbocycles. The van der Waals surface area contributed by atoms with Crippen LogP contribution in [0.4, 0.5) is 0 Å². The highest BCUT2D eigenvalue weighted by molar-refractivity contribution is 7.15. The van der Waals surface area contributed by atoms with Crippen molar-refractivity contribution in [3.05, 3.63) is 39.9 Å². The Morgan fingerprint density at radius 1 is 1.44 bits per heavy atom. The maximum Gasteiger partial charge on any atom is 0.123 e. The van der Waals surface area contributed by atoms with E-state index >= 15 is 0 Å². The van der Waals surface area contributed by atoms with E-state index in [2.05, 4.69) is 11.4 Å². The first-order valence-corrected chi connectivity index (χ1v) is 7.37. The molecule has 0 aliphatic heterocycles. The minimum atomic E-state index is 0.602. The third-order valence-corrected chi connectivity index (χ3v) is 4.82. The Bertz CT molecular complexity index is 565. The van der Waals surface area contributed by atoms with Gasteiger partial charge < -0.3 is 5.32 Å². The van der Waals surface area contributed by atoms with Gasteiger partial charge in [-0.3, -0.25) is 0 Å². The molecule has 1 N–H and O–H groups in total. The van der Waals surface area contributed by atoms with Crippen molar-refractivity contribution in [3.8, 4) is 10.6 Å². The molecule has 0 saturated carbocycles. The van der Waals surface area contributed by atoms with Crippen LogP contribution in [0.5, 0.6) is 0 Å². The van der Waals surface area contributed by atoms with E-state index in [9.17, 15) is 0 Å². The zero-order chi connectivity index (χ0) is 12.5. The lowest BCUT2D eigenvalue weighted by atomic mass is 9.98. The lowest BCUT2D eigenvalue weighted by molar-refractivity contribution is 0.497. The zero-order valence-electron chi connectivity index (χ0n) is 10.2. The average Bonchev–Trinajstić information content (AvgIpc) is 2.81. The van der Waals surface area contributed by atoms with E-state index < -0.39 is 0 Å². The third-order valence-electron chi connectivity index (χ3n) is 3.42. The van der Waals surface area contributed by atoms with Gasteiger partial charge in [0, 0.05) is 21.5 Å². The molecule has 1 aliphatic rings. The molecule has 4 heteroatoms. The lowest BCUT2D eigenvalue weighted by Gasteiger charge is -2.19. The van der Waals surface area contributed by atoms with Crippen molar-refractivity contribution < 1.29 is 0 Å². The number of thiazole rings is 1. The fraction of sp³-hybridized carbons (Fsp3) is 0.357. The number of aromatic nitrogens is 1. The Hall–Kier alpha value is -0.900. The van der Waals surface area contributed by atoms with Gasteiger partial charge in [-0.25, -0.2) is 4.98 Å². The normalized spacial score (nSPS) is 18.7. The Balaban J connectivity index is 1.94. The van der Waals surface area contributed by atoms with Gasteiger partial charge in [0.2, 0.25) is 0 Å². The first-order valence-electron chi connectivity index (χ1n) is 6.18. The lowest BCUT2D eigenvalue weighted by Crippen LogP contribution is -2.30. The van der Waals surface area contributed by atoms with Crippen LogP contribution in [0.1, 0.15) is 17.0 Å². The number of aryl methyl sites for hydroxylation is 1. The van der Waals surface area contributed by atoms with Crippen LogP contribution in [0.2, 0.25) is 5.02 Å². The highest BCUT2D eigenvalue weighted by atomic mass is 35.5. The molecule has 1 heterocycles. The number of halogens is 1. The van der Waals surface area contributed by atoms with Gasteiger partial charge in [0.1, 0.15) is 5.01 Å². The molecule has 2 aromatic rings. The molecule has 0 bridgehead atoms. The largest absolute Gasteiger partial charge is 0.317 e. The molecular weight excluding hydrogens is 264 g/mol. The molecule has 0 amide bonds. The monoisotopic (exact) mass is 278 g/mol. The zero-order valence-corrected chi connectivity index (χ0v) is 11.8. The van der Waals surface area contributed by atoms with E-state index in [-0.39, 0.29) is 0 Å². The topological polar surface area (TPSA) is 24.9 Å². The number of nitrogens with zero attached hydrogens (tertiary/aromatic N) is 1. The van der Waals surface area contributed by atoms with Gasteiger partial charge in [-0.1, -0.05) is 23.7 Å². The highest BCUT2D eigenvalue weighted by Gasteiger charge is 2.21. The van der Waals surface area contributed by atoms with Gasteiger partial charge >= 0.3 is 0 Å². The van der Waals surface area contributed by atoms with E-state index in [1.165, 1.54) is 17.0 Å². The van der Waals surface area contributed by atoms with Crippen molar-refractivity contribution >= 4 is 22.9 Å². The van der Waals surface area contributed by atoms with Crippen molar-refractivity contribution in [2.45, 2.75) is 25.3 Å². The average molecular weight is 279 g/mol. The molecule has 3 rings (SSSR count). The van der Waals surface area contributed by atoms with Crippen LogP contribution in [0.15, 0.2) is 24.3 Å². The maximum atomic E-state index is 6.03. The van der Waals surface area contributed by atoms with Gasteiger partial charge in [0.15, 0.2) is 0 Å². The molecule has 1 unspecified atom stereocenters. The van der Waals surface area contributed by atoms with Crippen LogP contribution in [0.25, 0.3) is 10.6 Å². The molecule has 0 saturated heterocycles. The first-order chi connectivity index (χ1) is 8.76. The number of benzene rings is 1. The Labute approximate surface area is 116 Å². The SMILES string of the molecule is CNC1CCc2nc(-c3cccc(Cl)c3)sc2C1. The maximum absolute atomic E-state index is 6.03. The molecule has 18 heavy (non-hydrogen) atoms. The molecule has 1 atom stereocenters. The summed E-state index contributed by atoms with van der Waals surface area (Å²) in [6.07, 6.45) is 3.37. The number of rotatable bonds is 2. The van der Waals surface area contributed by atoms with Crippen LogP contribution in [0.3, 0.4) is 0 Å². The second kappa shape index (κ2) is 5.00. The molecule has 1 aromatic carbocycles. The van der Waals surface area contributed by atoms with E-state index in [4.69, 9.17) is 16.6 Å². The van der Waals surface area contributed by atoms with Crippen molar-refractivity contribution in [2.75, 3.05) is 7.05 Å². The minimum Gasteiger partial charge on any atom is -0.317 e. The molecule has 0 fully saturated rings. The van der Waals surface area contributed by atoms with Crippen LogP contribution in [-0.4, -0.2) is 18.1 Å². The van der Waals surface area contributed by atoms with Crippen LogP contribution < -0.4 is 5.32 Å². The van der Waals surface area contributed by atoms with E-state index in [0.717, 1.165) is 28.4 Å². The number of likely N-dealkylation sites (N-methyl/N-ethyl adjacent to an activating group) is 1. The molecular formula is C14H15ClN2S. The summed E-state index contributed by atoms with van der Waals surface area (Å²) >= 11 is 7.84. The fourth-order valence-corrected chi connectivity index (χ4v) is 3.74. The molecule has 94 valence electrons. The number of nitrogens with one attached hydrogen (secondary N) is 1. The van der Waals surface area contributed by atoms with E-state index in [1.54, 1.807) is 11.3 Å². The standard InChI is InChI=1S/C14H15ClN2S/c1-16-11-5-6-12-13(8-11)18-14(17-12)9-3-2-4-10(15)7-9/h2-4,7,11,16H,5-6,8H2,1H3. The number of hydrogen-bond donors (Lipinski definition) is 1. The van der Waals surface area contributed by atoms with Gasteiger partial charge in [-0.2, -0.15) is 0 Å². The van der Waals surface area contributed by atoms with Crippen molar-refractivity contribution in [1.29, 1.82) is 0 Å². The van der Waals surface area contributed by atoms with Crippen LogP contribution in [0, 0.1) is 0 Å². The summed E-state index contributed by atoms with van der Waals surface area (Å²) in [5.41, 5.74) is 2.41. The predicted molar refractivity (Wildman–Crippen MR) is 77.4 cm³/mol. The summed E-state index contributed by atoms with van der Waals surface area (Å²) in [7, 11) is 2.04. The summed E-state index contributed by atoms with van der Waals surface area (Å²) in [5, 5.41) is 5.23. The molecule has 0 radical (unpaired) electrons. The molecule has 2 nitrogen and oxygen atoms in total. The molecule has 0 spiro atoms. The third kappa shape index (κ3) is 2.30. The summed E-state index contributed by atoms with van der Waals surface area (Å²) in [5.74, 6) is 0. The van der Waals surface area contributed by atoms with Gasteiger partial charge in [-0.15, -0.1) is 11.3 Å². The predicted octanol–water partition coefficient (Wildman–Crippen LogP) is 3.54. The highest BCUT2D eigenvalue weighted by Crippen LogP contribution is 2.33. The number of fused-ring (bicyclic) bond motifs is 1. The van der Waals surface area contributed by atoms with Crippen LogP contribution in [-0.2, 0) is 12.8 Å². The Morgan fingerprint density at radius 3 is 3.11 bits per heavy atom. The van der Waals surface area contributed by atoms with Crippen molar-refractivity contribution in [1.82, 2.24) is 10.3 Å². The first kappa shape index (κ1) is 12.2. The molecule has 1 aromatic heterocycles. The second-order valence-electron chi connectivity index (χ2n) is 4.63. The quantitative estimate of drug-likeness (QED) is 0.909. The summed E-state index contributed by atoms with van der Waals surface area (Å²) in [4.78, 5) is 6.19. The van der Waals surface area contributed by atoms with Gasteiger partial charge in [0.25, 0.3) is 0 Å². The summed E-state index contributed by atoms with van der Waals surface area (Å²) < 4.78 is 0. The van der Waals surface area contributed by atoms with Crippen molar-refractivity contribution in [2.24, 2.45) is 0 Å². The Morgan fingerprint density at radius 2 is 2.33 bits per heavy atom. The van der Waals surface area contributed by atoms with Gasteiger partial charge in [0.05, 0.1) is 5.69 Å². The summed E-state index contributed by atoms with van der Waals surface area (Å²) in [6.45, 7) is 0. The smallest absolute Gasteiger partial charge is 0.123 e. The summed E-state index contributed by atoms with van der Waals surface area (Å²) in [6, 6.07) is 8.54. The number of hydrogen-bond acceptors (Lipinski definition) is 3. The Kier molecular flexibility index (Phi) is 3.37.